The highest BCUT2D eigenvalue weighted by atomic mass is 19.1. The summed E-state index contributed by atoms with van der Waals surface area (Å²) >= 11 is 0. The molecule has 6 heteroatoms. The van der Waals surface area contributed by atoms with E-state index in [2.05, 4.69) is 24.4 Å². The molecule has 0 heterocycles. The molecule has 0 fully saturated rings. The van der Waals surface area contributed by atoms with Gasteiger partial charge in [0.25, 0.3) is 0 Å². The number of benzene rings is 4. The molecule has 4 aromatic carbocycles. The second kappa shape index (κ2) is 12.9. The standard InChI is InChI=1S/C33H35F2NO3/c1-21(2)39-33(37)11-8-23-15-27(18-29(35)16-23)31-17-24(14-26-9-10-28(34)20-32(26)31)12-13-36-22(3)25-6-5-7-30(19-25)38-4/h5-7,9-10,14-22,36H,8,11-13H2,1-4H3/t22-/m1/s1. The first kappa shape index (κ1) is 28.2. The predicted octanol–water partition coefficient (Wildman–Crippen LogP) is 7.57. The molecule has 0 saturated carbocycles. The number of esters is 1. The zero-order chi connectivity index (χ0) is 27.9. The number of hydrogen-bond donors (Lipinski definition) is 1. The van der Waals surface area contributed by atoms with Gasteiger partial charge in [-0.1, -0.05) is 36.4 Å². The second-order valence-electron chi connectivity index (χ2n) is 10.1. The van der Waals surface area contributed by atoms with Gasteiger partial charge in [0, 0.05) is 12.5 Å². The van der Waals surface area contributed by atoms with E-state index in [0.29, 0.717) is 22.9 Å². The topological polar surface area (TPSA) is 47.6 Å². The van der Waals surface area contributed by atoms with E-state index < -0.39 is 5.82 Å². The molecule has 0 spiro atoms. The van der Waals surface area contributed by atoms with Crippen LogP contribution in [-0.2, 0) is 22.4 Å². The number of hydrogen-bond acceptors (Lipinski definition) is 4. The lowest BCUT2D eigenvalue weighted by Crippen LogP contribution is -2.21. The summed E-state index contributed by atoms with van der Waals surface area (Å²) in [5.74, 6) is -0.248. The molecule has 4 nitrogen and oxygen atoms in total. The molecular weight excluding hydrogens is 496 g/mol. The van der Waals surface area contributed by atoms with Crippen LogP contribution in [0.25, 0.3) is 21.9 Å². The van der Waals surface area contributed by atoms with Crippen molar-refractivity contribution in [1.82, 2.24) is 5.32 Å². The lowest BCUT2D eigenvalue weighted by Gasteiger charge is -2.16. The Balaban J connectivity index is 1.57. The van der Waals surface area contributed by atoms with Crippen LogP contribution in [0.1, 0.15) is 49.9 Å². The second-order valence-corrected chi connectivity index (χ2v) is 10.1. The smallest absolute Gasteiger partial charge is 0.306 e. The number of fused-ring (bicyclic) bond motifs is 1. The van der Waals surface area contributed by atoms with Crippen LogP contribution in [0.5, 0.6) is 5.75 Å². The third-order valence-corrected chi connectivity index (χ3v) is 6.69. The van der Waals surface area contributed by atoms with E-state index in [1.807, 2.05) is 30.3 Å². The Kier molecular flexibility index (Phi) is 9.31. The monoisotopic (exact) mass is 531 g/mol. The van der Waals surface area contributed by atoms with Gasteiger partial charge in [0.2, 0.25) is 0 Å². The van der Waals surface area contributed by atoms with Crippen molar-refractivity contribution in [3.63, 3.8) is 0 Å². The Morgan fingerprint density at radius 2 is 1.67 bits per heavy atom. The molecular formula is C33H35F2NO3. The van der Waals surface area contributed by atoms with Crippen LogP contribution in [0.3, 0.4) is 0 Å². The van der Waals surface area contributed by atoms with Gasteiger partial charge in [-0.2, -0.15) is 0 Å². The van der Waals surface area contributed by atoms with Gasteiger partial charge in [0.15, 0.2) is 0 Å². The largest absolute Gasteiger partial charge is 0.497 e. The predicted molar refractivity (Wildman–Crippen MR) is 152 cm³/mol. The summed E-state index contributed by atoms with van der Waals surface area (Å²) in [6.45, 7) is 6.42. The van der Waals surface area contributed by atoms with Crippen LogP contribution in [0.2, 0.25) is 0 Å². The molecule has 0 saturated heterocycles. The van der Waals surface area contributed by atoms with Crippen LogP contribution >= 0.6 is 0 Å². The van der Waals surface area contributed by atoms with Gasteiger partial charge in [-0.05, 0) is 115 Å². The molecule has 4 aromatic rings. The van der Waals surface area contributed by atoms with E-state index in [0.717, 1.165) is 40.8 Å². The number of methoxy groups -OCH3 is 1. The molecule has 0 amide bonds. The maximum atomic E-state index is 14.7. The van der Waals surface area contributed by atoms with E-state index in [-0.39, 0.29) is 30.4 Å². The number of halogens is 2. The van der Waals surface area contributed by atoms with Crippen LogP contribution < -0.4 is 10.1 Å². The van der Waals surface area contributed by atoms with E-state index in [4.69, 9.17) is 9.47 Å². The molecule has 4 rings (SSSR count). The van der Waals surface area contributed by atoms with Gasteiger partial charge in [0.05, 0.1) is 13.2 Å². The molecule has 204 valence electrons. The summed E-state index contributed by atoms with van der Waals surface area (Å²) in [6, 6.07) is 21.6. The van der Waals surface area contributed by atoms with Gasteiger partial charge in [-0.3, -0.25) is 4.79 Å². The Labute approximate surface area is 229 Å². The summed E-state index contributed by atoms with van der Waals surface area (Å²) < 4.78 is 39.5. The Bertz CT molecular complexity index is 1450. The molecule has 0 radical (unpaired) electrons. The zero-order valence-corrected chi connectivity index (χ0v) is 22.9. The maximum absolute atomic E-state index is 14.7. The van der Waals surface area contributed by atoms with E-state index in [1.165, 1.54) is 24.3 Å². The zero-order valence-electron chi connectivity index (χ0n) is 22.9. The Hall–Kier alpha value is -3.77. The van der Waals surface area contributed by atoms with Gasteiger partial charge in [0.1, 0.15) is 17.4 Å². The minimum absolute atomic E-state index is 0.127. The Morgan fingerprint density at radius 3 is 2.44 bits per heavy atom. The van der Waals surface area contributed by atoms with Crippen molar-refractivity contribution in [2.75, 3.05) is 13.7 Å². The minimum atomic E-state index is -0.400. The molecule has 1 atom stereocenters. The molecule has 39 heavy (non-hydrogen) atoms. The summed E-state index contributed by atoms with van der Waals surface area (Å²) in [5, 5.41) is 5.15. The van der Waals surface area contributed by atoms with E-state index >= 15 is 0 Å². The SMILES string of the molecule is COc1cccc([C@@H](C)NCCc2cc(-c3cc(F)cc(CCC(=O)OC(C)C)c3)c3cc(F)ccc3c2)c1. The van der Waals surface area contributed by atoms with Crippen LogP contribution in [0.4, 0.5) is 8.78 Å². The molecule has 0 aromatic heterocycles. The van der Waals surface area contributed by atoms with Gasteiger partial charge < -0.3 is 14.8 Å². The van der Waals surface area contributed by atoms with Crippen molar-refractivity contribution in [2.45, 2.75) is 52.2 Å². The number of carbonyl (C=O) groups is 1. The lowest BCUT2D eigenvalue weighted by atomic mass is 9.93. The molecule has 0 aliphatic rings. The van der Waals surface area contributed by atoms with Crippen molar-refractivity contribution < 1.29 is 23.0 Å². The number of rotatable bonds is 11. The first-order chi connectivity index (χ1) is 18.7. The van der Waals surface area contributed by atoms with Crippen molar-refractivity contribution in [1.29, 1.82) is 0 Å². The van der Waals surface area contributed by atoms with E-state index in [1.54, 1.807) is 27.0 Å². The molecule has 1 N–H and O–H groups in total. The maximum Gasteiger partial charge on any atom is 0.306 e. The molecule has 0 unspecified atom stereocenters. The first-order valence-corrected chi connectivity index (χ1v) is 13.3. The number of aryl methyl sites for hydroxylation is 1. The fourth-order valence-corrected chi connectivity index (χ4v) is 4.76. The van der Waals surface area contributed by atoms with Crippen molar-refractivity contribution >= 4 is 16.7 Å². The van der Waals surface area contributed by atoms with Gasteiger partial charge in [-0.25, -0.2) is 8.78 Å². The van der Waals surface area contributed by atoms with Crippen molar-refractivity contribution in [3.05, 3.63) is 101 Å². The summed E-state index contributed by atoms with van der Waals surface area (Å²) in [6.07, 6.45) is 1.05. The summed E-state index contributed by atoms with van der Waals surface area (Å²) in [4.78, 5) is 12.0. The normalized spacial score (nSPS) is 12.1. The average molecular weight is 532 g/mol. The summed E-state index contributed by atoms with van der Waals surface area (Å²) in [7, 11) is 1.66. The lowest BCUT2D eigenvalue weighted by molar-refractivity contribution is -0.147. The van der Waals surface area contributed by atoms with E-state index in [9.17, 15) is 13.6 Å². The number of ether oxygens (including phenoxy) is 2. The van der Waals surface area contributed by atoms with Gasteiger partial charge in [-0.15, -0.1) is 0 Å². The van der Waals surface area contributed by atoms with Crippen molar-refractivity contribution in [3.8, 4) is 16.9 Å². The van der Waals surface area contributed by atoms with Crippen molar-refractivity contribution in [2.24, 2.45) is 0 Å². The summed E-state index contributed by atoms with van der Waals surface area (Å²) in [5.41, 5.74) is 4.29. The van der Waals surface area contributed by atoms with Crippen LogP contribution in [0.15, 0.2) is 72.8 Å². The fraction of sp³-hybridized carbons (Fsp3) is 0.303. The third kappa shape index (κ3) is 7.64. The quantitative estimate of drug-likeness (QED) is 0.203. The average Bonchev–Trinajstić information content (AvgIpc) is 2.91. The molecule has 0 bridgehead atoms. The minimum Gasteiger partial charge on any atom is -0.497 e. The fourth-order valence-electron chi connectivity index (χ4n) is 4.76. The number of carbonyl (C=O) groups excluding carboxylic acids is 1. The highest BCUT2D eigenvalue weighted by Gasteiger charge is 2.13. The molecule has 0 aliphatic heterocycles. The van der Waals surface area contributed by atoms with Gasteiger partial charge >= 0.3 is 5.97 Å². The molecule has 0 aliphatic carbocycles. The number of nitrogens with one attached hydrogen (secondary N) is 1. The Morgan fingerprint density at radius 1 is 0.872 bits per heavy atom. The highest BCUT2D eigenvalue weighted by molar-refractivity contribution is 5.97. The van der Waals surface area contributed by atoms with Crippen LogP contribution in [-0.4, -0.2) is 25.7 Å². The highest BCUT2D eigenvalue weighted by Crippen LogP contribution is 2.33. The first-order valence-electron chi connectivity index (χ1n) is 13.3. The third-order valence-electron chi connectivity index (χ3n) is 6.69. The van der Waals surface area contributed by atoms with Crippen LogP contribution in [0, 0.1) is 11.6 Å².